The summed E-state index contributed by atoms with van der Waals surface area (Å²) >= 11 is 0. The van der Waals surface area contributed by atoms with Crippen molar-refractivity contribution < 1.29 is 12.8 Å². The van der Waals surface area contributed by atoms with Crippen LogP contribution >= 0.6 is 0 Å². The SMILES string of the molecule is O=S(=O)(NCC1CC2CCN1CC2CN1CCN(c2ccc(F)cc2)CC1)c1ccccc1. The first-order valence-electron chi connectivity index (χ1n) is 12.0. The van der Waals surface area contributed by atoms with Crippen LogP contribution in [0.1, 0.15) is 12.8 Å². The lowest BCUT2D eigenvalue weighted by Gasteiger charge is -2.51. The second kappa shape index (κ2) is 9.70. The fourth-order valence-electron chi connectivity index (χ4n) is 5.73. The molecule has 2 aromatic carbocycles. The van der Waals surface area contributed by atoms with Crippen LogP contribution < -0.4 is 9.62 Å². The highest BCUT2D eigenvalue weighted by molar-refractivity contribution is 7.89. The number of anilines is 1. The van der Waals surface area contributed by atoms with Crippen molar-refractivity contribution in [3.8, 4) is 0 Å². The topological polar surface area (TPSA) is 55.9 Å². The maximum Gasteiger partial charge on any atom is 0.240 e. The molecule has 0 amide bonds. The van der Waals surface area contributed by atoms with E-state index in [4.69, 9.17) is 0 Å². The lowest BCUT2D eigenvalue weighted by Crippen LogP contribution is -2.59. The number of benzene rings is 2. The molecule has 0 radical (unpaired) electrons. The van der Waals surface area contributed by atoms with Crippen molar-refractivity contribution in [3.05, 3.63) is 60.4 Å². The number of nitrogens with one attached hydrogen (secondary N) is 1. The van der Waals surface area contributed by atoms with Gasteiger partial charge in [-0.1, -0.05) is 18.2 Å². The minimum absolute atomic E-state index is 0.189. The number of fused-ring (bicyclic) bond motifs is 3. The van der Waals surface area contributed by atoms with Crippen molar-refractivity contribution in [2.24, 2.45) is 11.8 Å². The highest BCUT2D eigenvalue weighted by atomic mass is 32.2. The van der Waals surface area contributed by atoms with Crippen LogP contribution in [-0.4, -0.2) is 76.6 Å². The summed E-state index contributed by atoms with van der Waals surface area (Å²) in [6.45, 7) is 7.71. The lowest BCUT2D eigenvalue weighted by molar-refractivity contribution is -0.0107. The van der Waals surface area contributed by atoms with Gasteiger partial charge >= 0.3 is 0 Å². The van der Waals surface area contributed by atoms with Gasteiger partial charge in [0.1, 0.15) is 5.82 Å². The number of hydrogen-bond acceptors (Lipinski definition) is 5. The predicted octanol–water partition coefficient (Wildman–Crippen LogP) is 2.64. The summed E-state index contributed by atoms with van der Waals surface area (Å²) in [7, 11) is -3.45. The number of rotatable bonds is 7. The Kier molecular flexibility index (Phi) is 6.69. The molecular formula is C25H33FN4O2S. The standard InChI is InChI=1S/C25H33FN4O2S/c26-22-6-8-23(9-7-22)29-14-12-28(13-15-29)18-21-19-30-11-10-20(21)16-24(30)17-27-33(31,32)25-4-2-1-3-5-25/h1-9,20-21,24,27H,10-19H2. The van der Waals surface area contributed by atoms with Crippen LogP contribution in [0.5, 0.6) is 0 Å². The molecule has 8 heteroatoms. The molecule has 4 aliphatic heterocycles. The van der Waals surface area contributed by atoms with Crippen LogP contribution in [0.3, 0.4) is 0 Å². The molecule has 178 valence electrons. The van der Waals surface area contributed by atoms with E-state index in [1.807, 2.05) is 18.2 Å². The third-order valence-corrected chi connectivity index (χ3v) is 9.07. The summed E-state index contributed by atoms with van der Waals surface area (Å²) in [5.41, 5.74) is 1.10. The van der Waals surface area contributed by atoms with E-state index in [0.717, 1.165) is 57.9 Å². The van der Waals surface area contributed by atoms with Crippen LogP contribution in [-0.2, 0) is 10.0 Å². The quantitative estimate of drug-likeness (QED) is 0.672. The molecule has 4 aliphatic rings. The first-order chi connectivity index (χ1) is 16.0. The highest BCUT2D eigenvalue weighted by Gasteiger charge is 2.41. The molecule has 1 N–H and O–H groups in total. The highest BCUT2D eigenvalue weighted by Crippen LogP contribution is 2.36. The summed E-state index contributed by atoms with van der Waals surface area (Å²) < 4.78 is 41.2. The maximum absolute atomic E-state index is 13.2. The third kappa shape index (κ3) is 5.24. The molecule has 2 aromatic rings. The molecule has 4 atom stereocenters. The monoisotopic (exact) mass is 472 g/mol. The van der Waals surface area contributed by atoms with E-state index >= 15 is 0 Å². The normalized spacial score (nSPS) is 28.2. The average molecular weight is 473 g/mol. The van der Waals surface area contributed by atoms with Crippen molar-refractivity contribution in [2.75, 3.05) is 57.3 Å². The van der Waals surface area contributed by atoms with E-state index in [2.05, 4.69) is 19.4 Å². The average Bonchev–Trinajstić information content (AvgIpc) is 2.85. The number of halogens is 1. The third-order valence-electron chi connectivity index (χ3n) is 7.63. The minimum atomic E-state index is -3.45. The molecule has 4 unspecified atom stereocenters. The second-order valence-corrected chi connectivity index (χ2v) is 11.4. The van der Waals surface area contributed by atoms with Crippen molar-refractivity contribution in [1.82, 2.24) is 14.5 Å². The summed E-state index contributed by atoms with van der Waals surface area (Å²) in [4.78, 5) is 7.73. The van der Waals surface area contributed by atoms with Crippen LogP contribution in [0, 0.1) is 17.7 Å². The summed E-state index contributed by atoms with van der Waals surface area (Å²) in [6, 6.07) is 15.7. The van der Waals surface area contributed by atoms with E-state index in [1.54, 1.807) is 24.3 Å². The first-order valence-corrected chi connectivity index (χ1v) is 13.5. The van der Waals surface area contributed by atoms with E-state index in [1.165, 1.54) is 18.6 Å². The zero-order valence-corrected chi connectivity index (χ0v) is 19.8. The van der Waals surface area contributed by atoms with E-state index in [0.29, 0.717) is 23.3 Å². The Balaban J connectivity index is 1.10. The van der Waals surface area contributed by atoms with Crippen molar-refractivity contribution in [2.45, 2.75) is 23.8 Å². The molecule has 0 spiro atoms. The van der Waals surface area contributed by atoms with Crippen LogP contribution in [0.25, 0.3) is 0 Å². The van der Waals surface area contributed by atoms with Gasteiger partial charge in [-0.3, -0.25) is 9.80 Å². The first kappa shape index (κ1) is 22.8. The summed E-state index contributed by atoms with van der Waals surface area (Å²) in [6.07, 6.45) is 2.28. The van der Waals surface area contributed by atoms with Gasteiger partial charge in [0.05, 0.1) is 4.90 Å². The minimum Gasteiger partial charge on any atom is -0.369 e. The number of sulfonamides is 1. The number of nitrogens with zero attached hydrogens (tertiary/aromatic N) is 3. The fourth-order valence-corrected chi connectivity index (χ4v) is 6.82. The van der Waals surface area contributed by atoms with Crippen LogP contribution in [0.2, 0.25) is 0 Å². The number of hydrogen-bond donors (Lipinski definition) is 1. The zero-order valence-electron chi connectivity index (χ0n) is 18.9. The Bertz CT molecular complexity index is 1030. The zero-order chi connectivity index (χ0) is 22.8. The fraction of sp³-hybridized carbons (Fsp3) is 0.520. The molecule has 0 aromatic heterocycles. The van der Waals surface area contributed by atoms with Gasteiger partial charge in [-0.2, -0.15) is 0 Å². The van der Waals surface area contributed by atoms with Gasteiger partial charge in [-0.15, -0.1) is 0 Å². The molecule has 0 saturated carbocycles. The summed E-state index contributed by atoms with van der Waals surface area (Å²) in [5, 5.41) is 0. The Morgan fingerprint density at radius 3 is 2.33 bits per heavy atom. The Morgan fingerprint density at radius 1 is 0.939 bits per heavy atom. The van der Waals surface area contributed by atoms with Gasteiger partial charge < -0.3 is 4.90 Å². The van der Waals surface area contributed by atoms with Crippen molar-refractivity contribution >= 4 is 15.7 Å². The molecule has 33 heavy (non-hydrogen) atoms. The smallest absolute Gasteiger partial charge is 0.240 e. The number of piperidine rings is 3. The number of piperazine rings is 1. The molecule has 6 rings (SSSR count). The molecule has 4 fully saturated rings. The molecule has 2 bridgehead atoms. The lowest BCUT2D eigenvalue weighted by atomic mass is 9.75. The van der Waals surface area contributed by atoms with Gasteiger partial charge in [0, 0.05) is 57.5 Å². The predicted molar refractivity (Wildman–Crippen MR) is 128 cm³/mol. The van der Waals surface area contributed by atoms with Gasteiger partial charge in [-0.05, 0) is 67.6 Å². The van der Waals surface area contributed by atoms with E-state index < -0.39 is 10.0 Å². The maximum atomic E-state index is 13.2. The molecule has 4 heterocycles. The van der Waals surface area contributed by atoms with Gasteiger partial charge in [-0.25, -0.2) is 17.5 Å². The Morgan fingerprint density at radius 2 is 1.67 bits per heavy atom. The molecule has 6 nitrogen and oxygen atoms in total. The van der Waals surface area contributed by atoms with E-state index in [-0.39, 0.29) is 11.9 Å². The van der Waals surface area contributed by atoms with Gasteiger partial charge in [0.2, 0.25) is 10.0 Å². The van der Waals surface area contributed by atoms with Crippen LogP contribution in [0.15, 0.2) is 59.5 Å². The molecular weight excluding hydrogens is 439 g/mol. The molecule has 0 aliphatic carbocycles. The Labute approximate surface area is 196 Å². The second-order valence-electron chi connectivity index (χ2n) is 9.62. The molecule has 4 saturated heterocycles. The van der Waals surface area contributed by atoms with Gasteiger partial charge in [0.15, 0.2) is 0 Å². The summed E-state index contributed by atoms with van der Waals surface area (Å²) in [5.74, 6) is 1.13. The van der Waals surface area contributed by atoms with Crippen molar-refractivity contribution in [1.29, 1.82) is 0 Å². The van der Waals surface area contributed by atoms with Crippen LogP contribution in [0.4, 0.5) is 10.1 Å². The largest absolute Gasteiger partial charge is 0.369 e. The van der Waals surface area contributed by atoms with Gasteiger partial charge in [0.25, 0.3) is 0 Å². The van der Waals surface area contributed by atoms with E-state index in [9.17, 15) is 12.8 Å². The Hall–Kier alpha value is -2.00. The van der Waals surface area contributed by atoms with Crippen molar-refractivity contribution in [3.63, 3.8) is 0 Å².